The van der Waals surface area contributed by atoms with Crippen LogP contribution in [0.3, 0.4) is 0 Å². The molecular formula is C15H17BrN2O2. The fourth-order valence-corrected chi connectivity index (χ4v) is 3.26. The second-order valence-electron chi connectivity index (χ2n) is 5.23. The molecular weight excluding hydrogens is 320 g/mol. The van der Waals surface area contributed by atoms with E-state index in [-0.39, 0.29) is 12.5 Å². The van der Waals surface area contributed by atoms with Crippen LogP contribution in [0.4, 0.5) is 0 Å². The van der Waals surface area contributed by atoms with Crippen molar-refractivity contribution in [1.29, 1.82) is 0 Å². The van der Waals surface area contributed by atoms with E-state index in [0.29, 0.717) is 5.92 Å². The van der Waals surface area contributed by atoms with Crippen LogP contribution < -0.4 is 0 Å². The van der Waals surface area contributed by atoms with Gasteiger partial charge in [-0.3, -0.25) is 9.88 Å². The largest absolute Gasteiger partial charge is 0.453 e. The molecule has 1 N–H and O–H groups in total. The second kappa shape index (κ2) is 6.08. The fraction of sp³-hybridized carbons (Fsp3) is 0.400. The summed E-state index contributed by atoms with van der Waals surface area (Å²) in [7, 11) is 0. The molecule has 2 aromatic heterocycles. The lowest BCUT2D eigenvalue weighted by Crippen LogP contribution is -2.20. The molecule has 3 heterocycles. The van der Waals surface area contributed by atoms with Crippen LogP contribution in [-0.2, 0) is 6.54 Å². The van der Waals surface area contributed by atoms with Gasteiger partial charge in [0.2, 0.25) is 0 Å². The van der Waals surface area contributed by atoms with E-state index < -0.39 is 0 Å². The molecule has 2 aromatic rings. The Balaban J connectivity index is 1.71. The zero-order valence-electron chi connectivity index (χ0n) is 11.1. The van der Waals surface area contributed by atoms with Gasteiger partial charge in [0.1, 0.15) is 5.76 Å². The topological polar surface area (TPSA) is 49.5 Å². The molecule has 2 atom stereocenters. The first-order valence-corrected chi connectivity index (χ1v) is 7.53. The van der Waals surface area contributed by atoms with Crippen molar-refractivity contribution < 1.29 is 9.52 Å². The van der Waals surface area contributed by atoms with Crippen molar-refractivity contribution in [2.24, 2.45) is 5.92 Å². The van der Waals surface area contributed by atoms with Gasteiger partial charge in [-0.05, 0) is 45.8 Å². The third-order valence-electron chi connectivity index (χ3n) is 3.89. The number of rotatable bonds is 4. The van der Waals surface area contributed by atoms with E-state index in [9.17, 15) is 5.11 Å². The van der Waals surface area contributed by atoms with E-state index in [0.717, 1.165) is 30.1 Å². The lowest BCUT2D eigenvalue weighted by atomic mass is 9.90. The molecule has 1 saturated heterocycles. The van der Waals surface area contributed by atoms with Gasteiger partial charge < -0.3 is 9.52 Å². The Morgan fingerprint density at radius 2 is 2.05 bits per heavy atom. The van der Waals surface area contributed by atoms with Crippen LogP contribution in [0.5, 0.6) is 0 Å². The zero-order chi connectivity index (χ0) is 13.9. The predicted molar refractivity (Wildman–Crippen MR) is 79.2 cm³/mol. The lowest BCUT2D eigenvalue weighted by molar-refractivity contribution is 0.210. The zero-order valence-corrected chi connectivity index (χ0v) is 12.7. The summed E-state index contributed by atoms with van der Waals surface area (Å²) in [6, 6.07) is 7.98. The van der Waals surface area contributed by atoms with Gasteiger partial charge in [-0.1, -0.05) is 0 Å². The first kappa shape index (κ1) is 13.8. The molecule has 1 aliphatic heterocycles. The number of hydrogen-bond acceptors (Lipinski definition) is 4. The number of likely N-dealkylation sites (tertiary alicyclic amines) is 1. The van der Waals surface area contributed by atoms with Crippen LogP contribution >= 0.6 is 15.9 Å². The highest BCUT2D eigenvalue weighted by atomic mass is 79.9. The van der Waals surface area contributed by atoms with E-state index in [1.165, 1.54) is 5.56 Å². The summed E-state index contributed by atoms with van der Waals surface area (Å²) in [5, 5.41) is 9.61. The van der Waals surface area contributed by atoms with Gasteiger partial charge in [0.05, 0.1) is 6.54 Å². The van der Waals surface area contributed by atoms with E-state index >= 15 is 0 Å². The number of aromatic nitrogens is 1. The molecule has 1 aliphatic rings. The third-order valence-corrected chi connectivity index (χ3v) is 4.32. The Morgan fingerprint density at radius 1 is 1.25 bits per heavy atom. The van der Waals surface area contributed by atoms with Gasteiger partial charge in [0, 0.05) is 43.9 Å². The van der Waals surface area contributed by atoms with Crippen molar-refractivity contribution >= 4 is 15.9 Å². The number of aliphatic hydroxyl groups is 1. The van der Waals surface area contributed by atoms with Gasteiger partial charge in [0.25, 0.3) is 0 Å². The quantitative estimate of drug-likeness (QED) is 0.932. The Hall–Kier alpha value is -1.17. The predicted octanol–water partition coefficient (Wildman–Crippen LogP) is 2.65. The SMILES string of the molecule is OC[C@@H]1CN(Cc2ccc(Br)o2)C[C@H]1c1ccncc1. The average Bonchev–Trinajstić information content (AvgIpc) is 3.06. The monoisotopic (exact) mass is 336 g/mol. The standard InChI is InChI=1S/C15H17BrN2O2/c16-15-2-1-13(20-15)8-18-7-12(10-19)14(9-18)11-3-5-17-6-4-11/h1-6,12,14,19H,7-10H2/t12-,14-/m0/s1. The maximum absolute atomic E-state index is 9.61. The van der Waals surface area contributed by atoms with E-state index in [4.69, 9.17) is 4.42 Å². The van der Waals surface area contributed by atoms with E-state index in [1.54, 1.807) is 0 Å². The van der Waals surface area contributed by atoms with Crippen molar-refractivity contribution in [3.8, 4) is 0 Å². The maximum atomic E-state index is 9.61. The minimum atomic E-state index is 0.214. The molecule has 0 aromatic carbocycles. The first-order valence-electron chi connectivity index (χ1n) is 6.73. The summed E-state index contributed by atoms with van der Waals surface area (Å²) in [6.07, 6.45) is 3.63. The van der Waals surface area contributed by atoms with Crippen LogP contribution in [0.1, 0.15) is 17.2 Å². The molecule has 0 unspecified atom stereocenters. The molecule has 0 saturated carbocycles. The summed E-state index contributed by atoms with van der Waals surface area (Å²) in [5.41, 5.74) is 1.25. The van der Waals surface area contributed by atoms with Crippen LogP contribution in [0.15, 0.2) is 45.7 Å². The van der Waals surface area contributed by atoms with Crippen LogP contribution in [0.2, 0.25) is 0 Å². The fourth-order valence-electron chi connectivity index (χ4n) is 2.92. The molecule has 0 aliphatic carbocycles. The number of halogens is 1. The van der Waals surface area contributed by atoms with E-state index in [1.807, 2.05) is 36.7 Å². The lowest BCUT2D eigenvalue weighted by Gasteiger charge is -2.16. The number of pyridine rings is 1. The van der Waals surface area contributed by atoms with Crippen molar-refractivity contribution in [2.75, 3.05) is 19.7 Å². The van der Waals surface area contributed by atoms with Gasteiger partial charge in [-0.25, -0.2) is 0 Å². The minimum absolute atomic E-state index is 0.214. The summed E-state index contributed by atoms with van der Waals surface area (Å²) >= 11 is 3.32. The molecule has 106 valence electrons. The molecule has 0 spiro atoms. The number of hydrogen-bond donors (Lipinski definition) is 1. The highest BCUT2D eigenvalue weighted by Gasteiger charge is 2.33. The molecule has 0 bridgehead atoms. The second-order valence-corrected chi connectivity index (χ2v) is 6.01. The molecule has 0 radical (unpaired) electrons. The van der Waals surface area contributed by atoms with Crippen molar-refractivity contribution in [3.05, 3.63) is 52.7 Å². The van der Waals surface area contributed by atoms with Gasteiger partial charge in [-0.2, -0.15) is 0 Å². The maximum Gasteiger partial charge on any atom is 0.169 e. The summed E-state index contributed by atoms with van der Waals surface area (Å²) in [4.78, 5) is 6.39. The Morgan fingerprint density at radius 3 is 2.70 bits per heavy atom. The third kappa shape index (κ3) is 2.95. The van der Waals surface area contributed by atoms with Crippen LogP contribution in [0, 0.1) is 5.92 Å². The van der Waals surface area contributed by atoms with Crippen LogP contribution in [0.25, 0.3) is 0 Å². The number of aliphatic hydroxyl groups excluding tert-OH is 1. The Labute approximate surface area is 126 Å². The Bertz CT molecular complexity index is 558. The first-order chi connectivity index (χ1) is 9.76. The smallest absolute Gasteiger partial charge is 0.169 e. The highest BCUT2D eigenvalue weighted by Crippen LogP contribution is 2.33. The molecule has 0 amide bonds. The van der Waals surface area contributed by atoms with Crippen molar-refractivity contribution in [2.45, 2.75) is 12.5 Å². The summed E-state index contributed by atoms with van der Waals surface area (Å²) in [6.45, 7) is 2.82. The summed E-state index contributed by atoms with van der Waals surface area (Å²) < 4.78 is 6.32. The van der Waals surface area contributed by atoms with Crippen LogP contribution in [-0.4, -0.2) is 34.7 Å². The normalized spacial score (nSPS) is 23.3. The van der Waals surface area contributed by atoms with Crippen molar-refractivity contribution in [3.63, 3.8) is 0 Å². The van der Waals surface area contributed by atoms with Gasteiger partial charge >= 0.3 is 0 Å². The molecule has 3 rings (SSSR count). The van der Waals surface area contributed by atoms with E-state index in [2.05, 4.69) is 25.8 Å². The average molecular weight is 337 g/mol. The molecule has 20 heavy (non-hydrogen) atoms. The minimum Gasteiger partial charge on any atom is -0.453 e. The Kier molecular flexibility index (Phi) is 4.19. The van der Waals surface area contributed by atoms with Crippen molar-refractivity contribution in [1.82, 2.24) is 9.88 Å². The van der Waals surface area contributed by atoms with Gasteiger partial charge in [-0.15, -0.1) is 0 Å². The van der Waals surface area contributed by atoms with Gasteiger partial charge in [0.15, 0.2) is 4.67 Å². The molecule has 5 heteroatoms. The highest BCUT2D eigenvalue weighted by molar-refractivity contribution is 9.10. The molecule has 1 fully saturated rings. The number of furan rings is 1. The molecule has 4 nitrogen and oxygen atoms in total. The number of nitrogens with zero attached hydrogens (tertiary/aromatic N) is 2. The summed E-state index contributed by atoms with van der Waals surface area (Å²) in [5.74, 6) is 1.58.